The fraction of sp³-hybridized carbons (Fsp3) is 0.333. The molecule has 0 saturated heterocycles. The lowest BCUT2D eigenvalue weighted by atomic mass is 10.0. The number of ether oxygens (including phenoxy) is 1. The minimum atomic E-state index is -5.05. The predicted molar refractivity (Wildman–Crippen MR) is 113 cm³/mol. The second-order valence-corrected chi connectivity index (χ2v) is 9.24. The molecule has 2 atom stereocenters. The largest absolute Gasteiger partial charge is 0.419 e. The van der Waals surface area contributed by atoms with E-state index in [1.165, 1.54) is 0 Å². The van der Waals surface area contributed by atoms with Crippen LogP contribution in [0.3, 0.4) is 0 Å². The maximum Gasteiger partial charge on any atom is 0.419 e. The van der Waals surface area contributed by atoms with E-state index in [0.717, 1.165) is 12.1 Å². The molecule has 2 aromatic carbocycles. The van der Waals surface area contributed by atoms with Crippen molar-refractivity contribution in [1.29, 1.82) is 0 Å². The zero-order valence-electron chi connectivity index (χ0n) is 17.8. The fourth-order valence-electron chi connectivity index (χ4n) is 3.43. The maximum absolute atomic E-state index is 14.8. The summed E-state index contributed by atoms with van der Waals surface area (Å²) in [5.74, 6) is -9.61. The number of hydrogen-bond acceptors (Lipinski definition) is 3. The average Bonchev–Trinajstić information content (AvgIpc) is 3.33. The van der Waals surface area contributed by atoms with Gasteiger partial charge in [-0.05, 0) is 29.8 Å². The van der Waals surface area contributed by atoms with Crippen LogP contribution < -0.4 is 10.6 Å². The first-order chi connectivity index (χ1) is 16.9. The van der Waals surface area contributed by atoms with Crippen LogP contribution in [0.15, 0.2) is 30.3 Å². The van der Waals surface area contributed by atoms with Gasteiger partial charge in [-0.25, -0.2) is 13.2 Å². The molecule has 0 bridgehead atoms. The highest BCUT2D eigenvalue weighted by molar-refractivity contribution is 6.53. The number of benzene rings is 2. The molecule has 2 amide bonds. The fourth-order valence-corrected chi connectivity index (χ4v) is 4.26. The van der Waals surface area contributed by atoms with Crippen molar-refractivity contribution in [3.8, 4) is 0 Å². The van der Waals surface area contributed by atoms with Crippen molar-refractivity contribution < 1.29 is 53.8 Å². The Morgan fingerprint density at radius 2 is 1.57 bits per heavy atom. The second kappa shape index (κ2) is 10.2. The van der Waals surface area contributed by atoms with Crippen molar-refractivity contribution in [3.05, 3.63) is 58.9 Å². The lowest BCUT2D eigenvalue weighted by Crippen LogP contribution is -2.25. The van der Waals surface area contributed by atoms with Gasteiger partial charge >= 0.3 is 12.4 Å². The number of carbonyl (C=O) groups excluding carboxylic acids is 2. The maximum atomic E-state index is 14.8. The summed E-state index contributed by atoms with van der Waals surface area (Å²) in [5, 5.41) is 3.68. The van der Waals surface area contributed by atoms with Crippen molar-refractivity contribution in [2.45, 2.75) is 22.6 Å². The zero-order valence-corrected chi connectivity index (χ0v) is 19.3. The second-order valence-electron chi connectivity index (χ2n) is 7.80. The zero-order chi connectivity index (χ0) is 27.9. The van der Waals surface area contributed by atoms with Crippen LogP contribution >= 0.6 is 23.2 Å². The van der Waals surface area contributed by atoms with Crippen molar-refractivity contribution in [2.75, 3.05) is 23.8 Å². The van der Waals surface area contributed by atoms with Gasteiger partial charge in [0.2, 0.25) is 5.91 Å². The Hall–Kier alpha value is -2.71. The quantitative estimate of drug-likeness (QED) is 0.303. The summed E-state index contributed by atoms with van der Waals surface area (Å²) >= 11 is 12.1. The normalized spacial score (nSPS) is 18.9. The molecule has 0 heterocycles. The first-order valence-electron chi connectivity index (χ1n) is 9.91. The number of carbonyl (C=O) groups is 2. The van der Waals surface area contributed by atoms with Crippen LogP contribution in [0.25, 0.3) is 0 Å². The number of alkyl halides is 8. The average molecular weight is 583 g/mol. The van der Waals surface area contributed by atoms with E-state index in [2.05, 4.69) is 4.74 Å². The van der Waals surface area contributed by atoms with Crippen LogP contribution in [0.4, 0.5) is 50.9 Å². The summed E-state index contributed by atoms with van der Waals surface area (Å²) in [6, 6.07) is 3.23. The van der Waals surface area contributed by atoms with Crippen LogP contribution in [0, 0.1) is 23.4 Å². The third-order valence-corrected chi connectivity index (χ3v) is 6.04. The lowest BCUT2D eigenvalue weighted by molar-refractivity contribution is -0.174. The minimum Gasteiger partial charge on any atom is -0.362 e. The summed E-state index contributed by atoms with van der Waals surface area (Å²) in [5.41, 5.74) is -3.69. The number of anilines is 2. The molecule has 1 fully saturated rings. The van der Waals surface area contributed by atoms with Gasteiger partial charge in [-0.15, -0.1) is 23.2 Å². The van der Waals surface area contributed by atoms with Crippen LogP contribution in [-0.4, -0.2) is 35.5 Å². The lowest BCUT2D eigenvalue weighted by Gasteiger charge is -2.13. The van der Waals surface area contributed by atoms with Crippen molar-refractivity contribution >= 4 is 46.4 Å². The van der Waals surface area contributed by atoms with Crippen LogP contribution in [0.1, 0.15) is 17.0 Å². The molecule has 0 aromatic heterocycles. The Kier molecular flexibility index (Phi) is 7.97. The third kappa shape index (κ3) is 6.60. The first-order valence-corrected chi connectivity index (χ1v) is 10.7. The van der Waals surface area contributed by atoms with E-state index in [9.17, 15) is 49.1 Å². The molecule has 3 rings (SSSR count). The summed E-state index contributed by atoms with van der Waals surface area (Å²) in [6.45, 7) is -2.99. The molecule has 0 radical (unpaired) electrons. The topological polar surface area (TPSA) is 67.4 Å². The molecule has 1 aliphatic carbocycles. The molecule has 37 heavy (non-hydrogen) atoms. The van der Waals surface area contributed by atoms with Gasteiger partial charge < -0.3 is 15.4 Å². The Bertz CT molecular complexity index is 1220. The van der Waals surface area contributed by atoms with Crippen LogP contribution in [0.2, 0.25) is 0 Å². The Morgan fingerprint density at radius 1 is 0.946 bits per heavy atom. The monoisotopic (exact) mass is 582 g/mol. The highest BCUT2D eigenvalue weighted by Crippen LogP contribution is 2.65. The van der Waals surface area contributed by atoms with E-state index in [0.29, 0.717) is 18.2 Å². The summed E-state index contributed by atoms with van der Waals surface area (Å²) < 4.78 is 120. The van der Waals surface area contributed by atoms with Crippen LogP contribution in [-0.2, 0) is 20.5 Å². The summed E-state index contributed by atoms with van der Waals surface area (Å²) in [4.78, 5) is 24.4. The third-order valence-electron chi connectivity index (χ3n) is 5.10. The Morgan fingerprint density at radius 3 is 2.16 bits per heavy atom. The Balaban J connectivity index is 1.75. The van der Waals surface area contributed by atoms with Gasteiger partial charge in [0, 0.05) is 5.92 Å². The van der Waals surface area contributed by atoms with Gasteiger partial charge in [-0.1, -0.05) is 6.07 Å². The summed E-state index contributed by atoms with van der Waals surface area (Å²) in [6.07, 6.45) is -9.80. The van der Waals surface area contributed by atoms with Crippen LogP contribution in [0.5, 0.6) is 0 Å². The van der Waals surface area contributed by atoms with E-state index in [4.69, 9.17) is 23.2 Å². The highest BCUT2D eigenvalue weighted by Gasteiger charge is 2.67. The van der Waals surface area contributed by atoms with E-state index < -0.39 is 87.9 Å². The van der Waals surface area contributed by atoms with E-state index in [1.807, 2.05) is 5.32 Å². The van der Waals surface area contributed by atoms with Crippen molar-refractivity contribution in [1.82, 2.24) is 0 Å². The molecule has 202 valence electrons. The molecule has 5 nitrogen and oxygen atoms in total. The molecule has 2 unspecified atom stereocenters. The van der Waals surface area contributed by atoms with Gasteiger partial charge in [0.15, 0.2) is 5.82 Å². The van der Waals surface area contributed by atoms with E-state index >= 15 is 0 Å². The predicted octanol–water partition coefficient (Wildman–Crippen LogP) is 6.17. The van der Waals surface area contributed by atoms with Crippen molar-refractivity contribution in [3.63, 3.8) is 0 Å². The molecule has 1 aliphatic rings. The molecule has 2 N–H and O–H groups in total. The summed E-state index contributed by atoms with van der Waals surface area (Å²) in [7, 11) is 0. The highest BCUT2D eigenvalue weighted by atomic mass is 35.5. The molecule has 16 heteroatoms. The van der Waals surface area contributed by atoms with Gasteiger partial charge in [-0.3, -0.25) is 9.59 Å². The number of amides is 2. The van der Waals surface area contributed by atoms with Gasteiger partial charge in [-0.2, -0.15) is 26.3 Å². The standard InChI is InChI=1S/C21H13Cl2F9N2O3/c22-20(23)14(8-1-2-10(24)9(5-8)21(30,31)32)15(20)18(36)33-12-4-3-11(25)17(16(12)26)34-13(35)6-37-7-19(27,28)29/h1-5,14-15H,6-7H2,(H,33,36)(H,34,35). The van der Waals surface area contributed by atoms with Gasteiger partial charge in [0.25, 0.3) is 5.91 Å². The molecule has 0 spiro atoms. The minimum absolute atomic E-state index is 0.231. The van der Waals surface area contributed by atoms with Gasteiger partial charge in [0.05, 0.1) is 17.2 Å². The van der Waals surface area contributed by atoms with E-state index in [1.54, 1.807) is 5.32 Å². The Labute approximate surface area is 211 Å². The molecule has 0 aliphatic heterocycles. The van der Waals surface area contributed by atoms with Gasteiger partial charge in [0.1, 0.15) is 34.9 Å². The smallest absolute Gasteiger partial charge is 0.362 e. The van der Waals surface area contributed by atoms with E-state index in [-0.39, 0.29) is 5.56 Å². The molecular formula is C21H13Cl2F9N2O3. The SMILES string of the molecule is O=C(COCC(F)(F)F)Nc1c(F)ccc(NC(=O)C2C(c3ccc(F)c(C(F)(F)F)c3)C2(Cl)Cl)c1F. The number of halogens is 11. The molecule has 1 saturated carbocycles. The number of nitrogens with one attached hydrogen (secondary N) is 2. The number of hydrogen-bond donors (Lipinski definition) is 2. The molecule has 2 aromatic rings. The number of rotatable bonds is 7. The first kappa shape index (κ1) is 28.9. The van der Waals surface area contributed by atoms with Crippen molar-refractivity contribution in [2.24, 2.45) is 5.92 Å². The molecular weight excluding hydrogens is 570 g/mol.